The first-order valence-electron chi connectivity index (χ1n) is 9.28. The van der Waals surface area contributed by atoms with Crippen molar-refractivity contribution in [2.45, 2.75) is 26.3 Å². The van der Waals surface area contributed by atoms with E-state index in [0.29, 0.717) is 24.1 Å². The molecule has 1 unspecified atom stereocenters. The van der Waals surface area contributed by atoms with Crippen molar-refractivity contribution < 1.29 is 14.4 Å². The van der Waals surface area contributed by atoms with Crippen molar-refractivity contribution in [3.05, 3.63) is 70.9 Å². The summed E-state index contributed by atoms with van der Waals surface area (Å²) in [6, 6.07) is 12.8. The second-order valence-corrected chi connectivity index (χ2v) is 7.10. The number of aromatic amines is 1. The van der Waals surface area contributed by atoms with Crippen LogP contribution in [0.15, 0.2) is 48.7 Å². The van der Waals surface area contributed by atoms with Crippen molar-refractivity contribution >= 4 is 28.6 Å². The van der Waals surface area contributed by atoms with Gasteiger partial charge in [-0.15, -0.1) is 0 Å². The van der Waals surface area contributed by atoms with Crippen LogP contribution in [-0.2, 0) is 11.2 Å². The molecule has 0 saturated heterocycles. The van der Waals surface area contributed by atoms with Gasteiger partial charge in [0.05, 0.1) is 17.2 Å². The zero-order valence-electron chi connectivity index (χ0n) is 15.8. The molecule has 1 aromatic heterocycles. The average molecular weight is 375 g/mol. The largest absolute Gasteiger partial charge is 0.361 e. The first-order valence-corrected chi connectivity index (χ1v) is 9.28. The second-order valence-electron chi connectivity index (χ2n) is 7.10. The van der Waals surface area contributed by atoms with E-state index in [-0.39, 0.29) is 23.8 Å². The number of nitrogens with zero attached hydrogens (tertiary/aromatic N) is 1. The fraction of sp³-hybridized carbons (Fsp3) is 0.227. The zero-order chi connectivity index (χ0) is 19.8. The average Bonchev–Trinajstić information content (AvgIpc) is 3.19. The third-order valence-corrected chi connectivity index (χ3v) is 5.19. The standard InChI is InChI=1S/C22H21N3O3/c1-13(24-14(2)26)15-7-8-20-19(11-15)16(12-23-20)9-10-25-21(27)17-5-3-4-6-18(17)22(25)28/h3-8,11-13,23H,9-10H2,1-2H3,(H,24,26). The van der Waals surface area contributed by atoms with Crippen molar-refractivity contribution in [2.75, 3.05) is 6.54 Å². The lowest BCUT2D eigenvalue weighted by Gasteiger charge is -2.14. The molecule has 0 aliphatic carbocycles. The first-order chi connectivity index (χ1) is 13.5. The van der Waals surface area contributed by atoms with Gasteiger partial charge in [-0.25, -0.2) is 0 Å². The molecule has 4 rings (SSSR count). The minimum absolute atomic E-state index is 0.0764. The van der Waals surface area contributed by atoms with Crippen molar-refractivity contribution in [2.24, 2.45) is 0 Å². The highest BCUT2D eigenvalue weighted by molar-refractivity contribution is 6.21. The van der Waals surface area contributed by atoms with E-state index in [2.05, 4.69) is 10.3 Å². The molecule has 0 saturated carbocycles. The molecule has 1 aliphatic rings. The Balaban J connectivity index is 1.55. The van der Waals surface area contributed by atoms with Gasteiger partial charge in [0, 0.05) is 30.6 Å². The lowest BCUT2D eigenvalue weighted by molar-refractivity contribution is -0.119. The maximum atomic E-state index is 12.5. The Bertz CT molecular complexity index is 1060. The number of carbonyl (C=O) groups is 3. The van der Waals surface area contributed by atoms with E-state index in [1.807, 2.05) is 31.3 Å². The van der Waals surface area contributed by atoms with Gasteiger partial charge in [0.2, 0.25) is 5.91 Å². The Labute approximate surface area is 162 Å². The molecule has 3 aromatic rings. The van der Waals surface area contributed by atoms with Crippen LogP contribution < -0.4 is 5.32 Å². The van der Waals surface area contributed by atoms with Crippen molar-refractivity contribution in [3.8, 4) is 0 Å². The lowest BCUT2D eigenvalue weighted by atomic mass is 10.0. The zero-order valence-corrected chi connectivity index (χ0v) is 15.8. The Morgan fingerprint density at radius 2 is 1.79 bits per heavy atom. The Morgan fingerprint density at radius 1 is 1.11 bits per heavy atom. The van der Waals surface area contributed by atoms with Crippen LogP contribution >= 0.6 is 0 Å². The van der Waals surface area contributed by atoms with Gasteiger partial charge in [0.1, 0.15) is 0 Å². The summed E-state index contributed by atoms with van der Waals surface area (Å²) in [4.78, 5) is 40.9. The van der Waals surface area contributed by atoms with Crippen LogP contribution in [0.4, 0.5) is 0 Å². The number of rotatable bonds is 5. The summed E-state index contributed by atoms with van der Waals surface area (Å²) in [6.45, 7) is 3.76. The van der Waals surface area contributed by atoms with Gasteiger partial charge >= 0.3 is 0 Å². The summed E-state index contributed by atoms with van der Waals surface area (Å²) in [5.74, 6) is -0.548. The van der Waals surface area contributed by atoms with Gasteiger partial charge in [0.25, 0.3) is 11.8 Å². The monoisotopic (exact) mass is 375 g/mol. The maximum Gasteiger partial charge on any atom is 0.261 e. The number of hydrogen-bond donors (Lipinski definition) is 2. The fourth-order valence-electron chi connectivity index (χ4n) is 3.73. The van der Waals surface area contributed by atoms with Crippen LogP contribution in [0, 0.1) is 0 Å². The van der Waals surface area contributed by atoms with Gasteiger partial charge in [-0.3, -0.25) is 19.3 Å². The first kappa shape index (κ1) is 18.0. The van der Waals surface area contributed by atoms with E-state index < -0.39 is 0 Å². The van der Waals surface area contributed by atoms with E-state index in [9.17, 15) is 14.4 Å². The third kappa shape index (κ3) is 3.07. The molecule has 1 aliphatic heterocycles. The normalized spacial score (nSPS) is 14.4. The highest BCUT2D eigenvalue weighted by atomic mass is 16.2. The van der Waals surface area contributed by atoms with E-state index in [0.717, 1.165) is 22.0 Å². The summed E-state index contributed by atoms with van der Waals surface area (Å²) in [5.41, 5.74) is 3.96. The maximum absolute atomic E-state index is 12.5. The van der Waals surface area contributed by atoms with Gasteiger partial charge in [-0.05, 0) is 48.7 Å². The van der Waals surface area contributed by atoms with E-state index in [1.54, 1.807) is 24.3 Å². The molecule has 28 heavy (non-hydrogen) atoms. The summed E-state index contributed by atoms with van der Waals surface area (Å²) in [5, 5.41) is 3.92. The molecule has 2 N–H and O–H groups in total. The van der Waals surface area contributed by atoms with Gasteiger partial charge < -0.3 is 10.3 Å². The molecule has 2 aromatic carbocycles. The highest BCUT2D eigenvalue weighted by Crippen LogP contribution is 2.26. The van der Waals surface area contributed by atoms with E-state index in [4.69, 9.17) is 0 Å². The minimum atomic E-state index is -0.236. The van der Waals surface area contributed by atoms with Crippen LogP contribution in [0.2, 0.25) is 0 Å². The smallest absolute Gasteiger partial charge is 0.261 e. The molecule has 2 heterocycles. The number of imide groups is 1. The molecular formula is C22H21N3O3. The third-order valence-electron chi connectivity index (χ3n) is 5.19. The Kier molecular flexibility index (Phi) is 4.47. The molecule has 0 bridgehead atoms. The lowest BCUT2D eigenvalue weighted by Crippen LogP contribution is -2.31. The van der Waals surface area contributed by atoms with Crippen LogP contribution in [0.25, 0.3) is 10.9 Å². The van der Waals surface area contributed by atoms with Crippen molar-refractivity contribution in [1.29, 1.82) is 0 Å². The SMILES string of the molecule is CC(=O)NC(C)c1ccc2[nH]cc(CCN3C(=O)c4ccccc4C3=O)c2c1. The number of benzene rings is 2. The van der Waals surface area contributed by atoms with Gasteiger partial charge in [-0.2, -0.15) is 0 Å². The van der Waals surface area contributed by atoms with Crippen LogP contribution in [0.5, 0.6) is 0 Å². The van der Waals surface area contributed by atoms with Crippen LogP contribution in [0.1, 0.15) is 51.7 Å². The Morgan fingerprint density at radius 3 is 2.43 bits per heavy atom. The summed E-state index contributed by atoms with van der Waals surface area (Å²) < 4.78 is 0. The molecular weight excluding hydrogens is 354 g/mol. The topological polar surface area (TPSA) is 82.3 Å². The quantitative estimate of drug-likeness (QED) is 0.672. The van der Waals surface area contributed by atoms with Crippen LogP contribution in [0.3, 0.4) is 0 Å². The van der Waals surface area contributed by atoms with Crippen LogP contribution in [-0.4, -0.2) is 34.2 Å². The number of H-pyrrole nitrogens is 1. The van der Waals surface area contributed by atoms with E-state index >= 15 is 0 Å². The second kappa shape index (κ2) is 6.96. The predicted octanol–water partition coefficient (Wildman–Crippen LogP) is 3.20. The number of carbonyl (C=O) groups excluding carboxylic acids is 3. The molecule has 0 fully saturated rings. The molecule has 3 amide bonds. The summed E-state index contributed by atoms with van der Waals surface area (Å²) in [6.07, 6.45) is 2.47. The number of amides is 3. The predicted molar refractivity (Wildman–Crippen MR) is 106 cm³/mol. The summed E-state index contributed by atoms with van der Waals surface area (Å²) >= 11 is 0. The molecule has 6 nitrogen and oxygen atoms in total. The molecule has 0 radical (unpaired) electrons. The molecule has 1 atom stereocenters. The number of hydrogen-bond acceptors (Lipinski definition) is 3. The number of aromatic nitrogens is 1. The van der Waals surface area contributed by atoms with Crippen molar-refractivity contribution in [1.82, 2.24) is 15.2 Å². The number of nitrogens with one attached hydrogen (secondary N) is 2. The highest BCUT2D eigenvalue weighted by Gasteiger charge is 2.34. The fourth-order valence-corrected chi connectivity index (χ4v) is 3.73. The van der Waals surface area contributed by atoms with Gasteiger partial charge in [-0.1, -0.05) is 18.2 Å². The molecule has 6 heteroatoms. The summed E-state index contributed by atoms with van der Waals surface area (Å²) in [7, 11) is 0. The molecule has 142 valence electrons. The Hall–Kier alpha value is -3.41. The minimum Gasteiger partial charge on any atom is -0.361 e. The van der Waals surface area contributed by atoms with E-state index in [1.165, 1.54) is 11.8 Å². The van der Waals surface area contributed by atoms with Gasteiger partial charge in [0.15, 0.2) is 0 Å². The number of fused-ring (bicyclic) bond motifs is 2. The van der Waals surface area contributed by atoms with Crippen molar-refractivity contribution in [3.63, 3.8) is 0 Å². The molecule has 0 spiro atoms.